The third-order valence-corrected chi connectivity index (χ3v) is 5.30. The smallest absolute Gasteiger partial charge is 0.179 e. The maximum Gasteiger partial charge on any atom is 0.179 e. The van der Waals surface area contributed by atoms with Crippen LogP contribution in [0.3, 0.4) is 0 Å². The van der Waals surface area contributed by atoms with E-state index < -0.39 is 0 Å². The Bertz CT molecular complexity index is 541. The lowest BCUT2D eigenvalue weighted by Gasteiger charge is -2.49. The van der Waals surface area contributed by atoms with Gasteiger partial charge in [-0.1, -0.05) is 11.6 Å². The first-order valence-electron chi connectivity index (χ1n) is 8.64. The van der Waals surface area contributed by atoms with E-state index >= 15 is 0 Å². The van der Waals surface area contributed by atoms with Crippen LogP contribution < -0.4 is 9.47 Å². The van der Waals surface area contributed by atoms with Crippen LogP contribution in [0.2, 0.25) is 5.02 Å². The molecule has 128 valence electrons. The van der Waals surface area contributed by atoms with Gasteiger partial charge in [-0.2, -0.15) is 0 Å². The largest absolute Gasteiger partial charge is 0.490 e. The highest BCUT2D eigenvalue weighted by atomic mass is 35.5. The van der Waals surface area contributed by atoms with Crippen molar-refractivity contribution in [1.29, 1.82) is 0 Å². The van der Waals surface area contributed by atoms with Gasteiger partial charge in [0.05, 0.1) is 24.3 Å². The quantitative estimate of drug-likeness (QED) is 0.864. The van der Waals surface area contributed by atoms with Crippen LogP contribution in [0.1, 0.15) is 32.3 Å². The molecule has 23 heavy (non-hydrogen) atoms. The summed E-state index contributed by atoms with van der Waals surface area (Å²) in [5, 5.41) is 11.2. The summed E-state index contributed by atoms with van der Waals surface area (Å²) in [5.41, 5.74) is 1.10. The Labute approximate surface area is 143 Å². The zero-order chi connectivity index (χ0) is 16.4. The molecule has 3 fully saturated rings. The summed E-state index contributed by atoms with van der Waals surface area (Å²) in [4.78, 5) is 2.41. The van der Waals surface area contributed by atoms with E-state index in [4.69, 9.17) is 21.1 Å². The van der Waals surface area contributed by atoms with Crippen LogP contribution >= 0.6 is 11.6 Å². The van der Waals surface area contributed by atoms with Crippen molar-refractivity contribution in [2.45, 2.75) is 45.3 Å². The van der Waals surface area contributed by atoms with Crippen molar-refractivity contribution in [1.82, 2.24) is 4.90 Å². The number of benzene rings is 1. The summed E-state index contributed by atoms with van der Waals surface area (Å²) >= 11 is 6.40. The number of piperidine rings is 3. The molecule has 3 aliphatic heterocycles. The number of hydrogen-bond donors (Lipinski definition) is 1. The fraction of sp³-hybridized carbons (Fsp3) is 0.667. The number of halogens is 1. The molecule has 3 saturated heterocycles. The van der Waals surface area contributed by atoms with Crippen LogP contribution in [0.5, 0.6) is 11.5 Å². The second-order valence-electron chi connectivity index (χ2n) is 6.41. The van der Waals surface area contributed by atoms with Gasteiger partial charge in [-0.15, -0.1) is 0 Å². The van der Waals surface area contributed by atoms with Gasteiger partial charge in [0.2, 0.25) is 0 Å². The van der Waals surface area contributed by atoms with Crippen molar-refractivity contribution >= 4 is 11.6 Å². The molecule has 2 atom stereocenters. The van der Waals surface area contributed by atoms with E-state index in [0.29, 0.717) is 35.7 Å². The lowest BCUT2D eigenvalue weighted by atomic mass is 9.78. The van der Waals surface area contributed by atoms with E-state index in [2.05, 4.69) is 4.90 Å². The summed E-state index contributed by atoms with van der Waals surface area (Å²) < 4.78 is 11.3. The highest BCUT2D eigenvalue weighted by molar-refractivity contribution is 6.32. The third-order valence-electron chi connectivity index (χ3n) is 5.02. The molecule has 0 aliphatic carbocycles. The van der Waals surface area contributed by atoms with Crippen LogP contribution in [0, 0.1) is 5.92 Å². The first-order valence-corrected chi connectivity index (χ1v) is 9.02. The Kier molecular flexibility index (Phi) is 5.34. The van der Waals surface area contributed by atoms with E-state index in [1.165, 1.54) is 0 Å². The van der Waals surface area contributed by atoms with Crippen LogP contribution in [0.15, 0.2) is 12.1 Å². The topological polar surface area (TPSA) is 41.9 Å². The normalized spacial score (nSPS) is 29.6. The summed E-state index contributed by atoms with van der Waals surface area (Å²) in [6.07, 6.45) is 2.79. The second kappa shape index (κ2) is 7.29. The zero-order valence-corrected chi connectivity index (χ0v) is 14.7. The van der Waals surface area contributed by atoms with Crippen molar-refractivity contribution in [3.05, 3.63) is 22.7 Å². The van der Waals surface area contributed by atoms with Crippen molar-refractivity contribution in [3.8, 4) is 11.5 Å². The number of nitrogens with zero attached hydrogens (tertiary/aromatic N) is 1. The molecular weight excluding hydrogens is 314 g/mol. The van der Waals surface area contributed by atoms with E-state index in [9.17, 15) is 5.11 Å². The van der Waals surface area contributed by atoms with Gasteiger partial charge in [-0.3, -0.25) is 4.90 Å². The molecule has 0 saturated carbocycles. The van der Waals surface area contributed by atoms with Crippen molar-refractivity contribution < 1.29 is 14.6 Å². The van der Waals surface area contributed by atoms with Gasteiger partial charge in [0.25, 0.3) is 0 Å². The maximum absolute atomic E-state index is 10.6. The van der Waals surface area contributed by atoms with Crippen LogP contribution in [0.4, 0.5) is 0 Å². The molecule has 4 nitrogen and oxygen atoms in total. The number of aliphatic hydroxyl groups is 1. The van der Waals surface area contributed by atoms with Crippen LogP contribution in [-0.2, 0) is 6.42 Å². The predicted molar refractivity (Wildman–Crippen MR) is 91.6 cm³/mol. The molecule has 0 spiro atoms. The molecular formula is C18H26ClNO3. The van der Waals surface area contributed by atoms with E-state index in [1.54, 1.807) is 0 Å². The van der Waals surface area contributed by atoms with E-state index in [-0.39, 0.29) is 12.1 Å². The van der Waals surface area contributed by atoms with Gasteiger partial charge >= 0.3 is 0 Å². The molecule has 2 unspecified atom stereocenters. The Hall–Kier alpha value is -0.970. The third kappa shape index (κ3) is 3.44. The van der Waals surface area contributed by atoms with Gasteiger partial charge in [0, 0.05) is 6.04 Å². The van der Waals surface area contributed by atoms with Crippen molar-refractivity contribution in [2.24, 2.45) is 5.92 Å². The molecule has 0 aromatic heterocycles. The second-order valence-corrected chi connectivity index (χ2v) is 6.81. The van der Waals surface area contributed by atoms with Crippen molar-refractivity contribution in [2.75, 3.05) is 26.3 Å². The van der Waals surface area contributed by atoms with Gasteiger partial charge in [0.15, 0.2) is 11.5 Å². The van der Waals surface area contributed by atoms with Crippen LogP contribution in [-0.4, -0.2) is 48.5 Å². The lowest BCUT2D eigenvalue weighted by molar-refractivity contribution is -0.0715. The number of aliphatic hydroxyl groups excluding tert-OH is 1. The zero-order valence-electron chi connectivity index (χ0n) is 13.9. The minimum atomic E-state index is -0.238. The minimum absolute atomic E-state index is 0.186. The van der Waals surface area contributed by atoms with Gasteiger partial charge < -0.3 is 14.6 Å². The average Bonchev–Trinajstić information content (AvgIpc) is 2.55. The van der Waals surface area contributed by atoms with Crippen LogP contribution in [0.25, 0.3) is 0 Å². The molecule has 5 heteroatoms. The summed E-state index contributed by atoms with van der Waals surface area (Å²) in [6, 6.07) is 4.15. The molecule has 2 bridgehead atoms. The Morgan fingerprint density at radius 2 is 1.87 bits per heavy atom. The average molecular weight is 340 g/mol. The lowest BCUT2D eigenvalue weighted by Crippen LogP contribution is -2.58. The Balaban J connectivity index is 1.82. The standard InChI is InChI=1S/C18H26ClNO3/c1-3-22-16-11-12(9-14(19)18(16)23-4-2)10-15-17(21)13-5-7-20(15)8-6-13/h9,11,13,15,17,21H,3-8,10H2,1-2H3. The number of rotatable bonds is 6. The van der Waals surface area contributed by atoms with Crippen molar-refractivity contribution in [3.63, 3.8) is 0 Å². The Morgan fingerprint density at radius 1 is 1.17 bits per heavy atom. The highest BCUT2D eigenvalue weighted by Gasteiger charge is 2.41. The van der Waals surface area contributed by atoms with E-state index in [1.807, 2.05) is 26.0 Å². The number of ether oxygens (including phenoxy) is 2. The SMILES string of the molecule is CCOc1cc(CC2C(O)C3CCN2CC3)cc(Cl)c1OCC. The first-order chi connectivity index (χ1) is 11.1. The first kappa shape index (κ1) is 16.9. The fourth-order valence-electron chi connectivity index (χ4n) is 3.90. The predicted octanol–water partition coefficient (Wildman–Crippen LogP) is 3.14. The van der Waals surface area contributed by atoms with E-state index in [0.717, 1.165) is 37.9 Å². The molecule has 1 aromatic rings. The van der Waals surface area contributed by atoms with Gasteiger partial charge in [-0.05, 0) is 69.8 Å². The molecule has 4 rings (SSSR count). The molecule has 3 heterocycles. The molecule has 0 radical (unpaired) electrons. The molecule has 0 amide bonds. The number of fused-ring (bicyclic) bond motifs is 3. The maximum atomic E-state index is 10.6. The Morgan fingerprint density at radius 3 is 2.48 bits per heavy atom. The summed E-state index contributed by atoms with van der Waals surface area (Å²) in [6.45, 7) is 7.19. The minimum Gasteiger partial charge on any atom is -0.490 e. The molecule has 3 aliphatic rings. The molecule has 1 aromatic carbocycles. The fourth-order valence-corrected chi connectivity index (χ4v) is 4.19. The number of hydrogen-bond acceptors (Lipinski definition) is 4. The van der Waals surface area contributed by atoms with Gasteiger partial charge in [-0.25, -0.2) is 0 Å². The monoisotopic (exact) mass is 339 g/mol. The molecule has 1 N–H and O–H groups in total. The van der Waals surface area contributed by atoms with Gasteiger partial charge in [0.1, 0.15) is 0 Å². The highest BCUT2D eigenvalue weighted by Crippen LogP contribution is 2.39. The summed E-state index contributed by atoms with van der Waals surface area (Å²) in [7, 11) is 0. The summed E-state index contributed by atoms with van der Waals surface area (Å²) in [5.74, 6) is 1.77.